The zero-order valence-corrected chi connectivity index (χ0v) is 12.4. The van der Waals surface area contributed by atoms with Crippen LogP contribution in [0, 0.1) is 0 Å². The summed E-state index contributed by atoms with van der Waals surface area (Å²) in [5.41, 5.74) is 2.21. The van der Waals surface area contributed by atoms with Crippen LogP contribution < -0.4 is 0 Å². The van der Waals surface area contributed by atoms with Crippen molar-refractivity contribution in [2.75, 3.05) is 18.6 Å². The Hall–Kier alpha value is -0.680. The predicted molar refractivity (Wildman–Crippen MR) is 78.0 cm³/mol. The quantitative estimate of drug-likeness (QED) is 0.805. The van der Waals surface area contributed by atoms with Crippen LogP contribution in [-0.4, -0.2) is 35.7 Å². The van der Waals surface area contributed by atoms with Gasteiger partial charge in [-0.1, -0.05) is 24.3 Å². The lowest BCUT2D eigenvalue weighted by Crippen LogP contribution is -2.40. The molecule has 0 unspecified atom stereocenters. The number of likely N-dealkylation sites (tertiary alicyclic amines) is 1. The first-order valence-electron chi connectivity index (χ1n) is 6.88. The molecule has 20 heavy (non-hydrogen) atoms. The molecule has 0 aromatic heterocycles. The van der Waals surface area contributed by atoms with E-state index in [1.54, 1.807) is 16.7 Å². The molecule has 5 heteroatoms. The largest absolute Gasteiger partial charge is 0.404 e. The lowest BCUT2D eigenvalue weighted by molar-refractivity contribution is -0.177. The second-order valence-electron chi connectivity index (χ2n) is 5.23. The van der Waals surface area contributed by atoms with Crippen molar-refractivity contribution in [3.8, 4) is 0 Å². The van der Waals surface area contributed by atoms with Crippen molar-refractivity contribution in [1.29, 1.82) is 0 Å². The maximum absolute atomic E-state index is 12.9. The van der Waals surface area contributed by atoms with Gasteiger partial charge in [0.25, 0.3) is 0 Å². The van der Waals surface area contributed by atoms with Gasteiger partial charge in [0.2, 0.25) is 0 Å². The number of alkyl halides is 3. The topological polar surface area (TPSA) is 3.24 Å². The molecule has 1 heterocycles. The average molecular weight is 303 g/mol. The van der Waals surface area contributed by atoms with E-state index in [1.165, 1.54) is 5.56 Å². The van der Waals surface area contributed by atoms with Gasteiger partial charge in [-0.25, -0.2) is 0 Å². The van der Waals surface area contributed by atoms with Crippen LogP contribution in [-0.2, 0) is 13.0 Å². The zero-order chi connectivity index (χ0) is 14.6. The summed E-state index contributed by atoms with van der Waals surface area (Å²) in [6.07, 6.45) is -0.157. The van der Waals surface area contributed by atoms with Gasteiger partial charge < -0.3 is 0 Å². The van der Waals surface area contributed by atoms with Gasteiger partial charge in [0.1, 0.15) is 6.04 Å². The first kappa shape index (κ1) is 15.7. The summed E-state index contributed by atoms with van der Waals surface area (Å²) in [6.45, 7) is 0.936. The van der Waals surface area contributed by atoms with Crippen molar-refractivity contribution < 1.29 is 13.2 Å². The minimum Gasteiger partial charge on any atom is -0.288 e. The molecule has 1 saturated heterocycles. The lowest BCUT2D eigenvalue weighted by Gasteiger charge is -2.26. The summed E-state index contributed by atoms with van der Waals surface area (Å²) in [7, 11) is 0. The lowest BCUT2D eigenvalue weighted by atomic mass is 10.1. The normalized spacial score (nSPS) is 20.5. The molecule has 0 bridgehead atoms. The highest BCUT2D eigenvalue weighted by atomic mass is 32.2. The van der Waals surface area contributed by atoms with Crippen LogP contribution in [0.5, 0.6) is 0 Å². The Morgan fingerprint density at radius 1 is 1.20 bits per heavy atom. The van der Waals surface area contributed by atoms with E-state index in [0.29, 0.717) is 19.5 Å². The molecule has 1 nitrogen and oxygen atoms in total. The van der Waals surface area contributed by atoms with E-state index in [0.717, 1.165) is 17.7 Å². The first-order chi connectivity index (χ1) is 9.50. The van der Waals surface area contributed by atoms with Crippen molar-refractivity contribution >= 4 is 11.8 Å². The molecule has 1 atom stereocenters. The fourth-order valence-corrected chi connectivity index (χ4v) is 3.09. The Balaban J connectivity index is 1.95. The van der Waals surface area contributed by atoms with Gasteiger partial charge in [-0.15, -0.1) is 0 Å². The van der Waals surface area contributed by atoms with Gasteiger partial charge in [-0.05, 0) is 48.9 Å². The monoisotopic (exact) mass is 303 g/mol. The fourth-order valence-electron chi connectivity index (χ4n) is 2.65. The number of nitrogens with zero attached hydrogens (tertiary/aromatic N) is 1. The molecule has 1 aromatic rings. The summed E-state index contributed by atoms with van der Waals surface area (Å²) in [5, 5.41) is 0. The van der Waals surface area contributed by atoms with Crippen LogP contribution in [0.2, 0.25) is 0 Å². The predicted octanol–water partition coefficient (Wildman–Crippen LogP) is 4.12. The summed E-state index contributed by atoms with van der Waals surface area (Å²) < 4.78 is 38.6. The number of hydrogen-bond acceptors (Lipinski definition) is 2. The van der Waals surface area contributed by atoms with E-state index in [-0.39, 0.29) is 6.42 Å². The van der Waals surface area contributed by atoms with Crippen molar-refractivity contribution in [3.05, 3.63) is 35.4 Å². The van der Waals surface area contributed by atoms with Crippen molar-refractivity contribution in [1.82, 2.24) is 4.90 Å². The highest BCUT2D eigenvalue weighted by molar-refractivity contribution is 7.98. The Bertz CT molecular complexity index is 416. The molecule has 0 amide bonds. The van der Waals surface area contributed by atoms with E-state index >= 15 is 0 Å². The number of hydrogen-bond donors (Lipinski definition) is 0. The maximum atomic E-state index is 12.9. The molecule has 0 N–H and O–H groups in total. The molecular weight excluding hydrogens is 283 g/mol. The summed E-state index contributed by atoms with van der Waals surface area (Å²) in [5.74, 6) is 1.07. The maximum Gasteiger partial charge on any atom is 0.404 e. The van der Waals surface area contributed by atoms with Gasteiger partial charge in [0.15, 0.2) is 0 Å². The van der Waals surface area contributed by atoms with Crippen molar-refractivity contribution in [2.45, 2.75) is 38.0 Å². The average Bonchev–Trinajstić information content (AvgIpc) is 2.86. The van der Waals surface area contributed by atoms with Gasteiger partial charge in [0, 0.05) is 6.54 Å². The molecule has 1 aliphatic heterocycles. The number of thioether (sulfide) groups is 1. The summed E-state index contributed by atoms with van der Waals surface area (Å²) in [4.78, 5) is 1.55. The Morgan fingerprint density at radius 3 is 2.45 bits per heavy atom. The third kappa shape index (κ3) is 4.16. The van der Waals surface area contributed by atoms with E-state index in [2.05, 4.69) is 6.26 Å². The third-order valence-electron chi connectivity index (χ3n) is 3.74. The number of benzene rings is 1. The van der Waals surface area contributed by atoms with E-state index in [4.69, 9.17) is 0 Å². The molecule has 1 aliphatic rings. The molecule has 112 valence electrons. The number of aryl methyl sites for hydroxylation is 1. The Kier molecular flexibility index (Phi) is 5.38. The van der Waals surface area contributed by atoms with Gasteiger partial charge in [-0.2, -0.15) is 24.9 Å². The van der Waals surface area contributed by atoms with Crippen LogP contribution in [0.1, 0.15) is 24.0 Å². The van der Waals surface area contributed by atoms with Crippen LogP contribution in [0.3, 0.4) is 0 Å². The van der Waals surface area contributed by atoms with Crippen LogP contribution in [0.25, 0.3) is 0 Å². The van der Waals surface area contributed by atoms with Crippen molar-refractivity contribution in [2.24, 2.45) is 0 Å². The van der Waals surface area contributed by atoms with Crippen LogP contribution in [0.4, 0.5) is 13.2 Å². The summed E-state index contributed by atoms with van der Waals surface area (Å²) in [6, 6.07) is 6.72. The second kappa shape index (κ2) is 6.85. The SMILES string of the molecule is CSCCc1ccc(CN2CCC[C@@H]2C(F)(F)F)cc1. The second-order valence-corrected chi connectivity index (χ2v) is 6.22. The first-order valence-corrected chi connectivity index (χ1v) is 8.27. The highest BCUT2D eigenvalue weighted by Crippen LogP contribution is 2.33. The Morgan fingerprint density at radius 2 is 1.85 bits per heavy atom. The van der Waals surface area contributed by atoms with E-state index < -0.39 is 12.2 Å². The minimum atomic E-state index is -4.10. The number of halogens is 3. The molecular formula is C15H20F3NS. The molecule has 0 saturated carbocycles. The molecule has 1 aromatic carbocycles. The molecule has 2 rings (SSSR count). The van der Waals surface area contributed by atoms with Gasteiger partial charge in [-0.3, -0.25) is 4.90 Å². The van der Waals surface area contributed by atoms with Gasteiger partial charge >= 0.3 is 6.18 Å². The summed E-state index contributed by atoms with van der Waals surface area (Å²) >= 11 is 1.80. The van der Waals surface area contributed by atoms with Crippen molar-refractivity contribution in [3.63, 3.8) is 0 Å². The van der Waals surface area contributed by atoms with Crippen LogP contribution in [0.15, 0.2) is 24.3 Å². The van der Waals surface area contributed by atoms with Crippen LogP contribution >= 0.6 is 11.8 Å². The zero-order valence-electron chi connectivity index (χ0n) is 11.6. The highest BCUT2D eigenvalue weighted by Gasteiger charge is 2.45. The van der Waals surface area contributed by atoms with E-state index in [9.17, 15) is 13.2 Å². The smallest absolute Gasteiger partial charge is 0.288 e. The molecule has 1 fully saturated rings. The molecule has 0 spiro atoms. The molecule has 0 aliphatic carbocycles. The minimum absolute atomic E-state index is 0.231. The standard InChI is InChI=1S/C15H20F3NS/c1-20-10-8-12-4-6-13(7-5-12)11-19-9-2-3-14(19)15(16,17)18/h4-7,14H,2-3,8-11H2,1H3/t14-/m1/s1. The third-order valence-corrected chi connectivity index (χ3v) is 4.36. The van der Waals surface area contributed by atoms with Gasteiger partial charge in [0.05, 0.1) is 0 Å². The molecule has 0 radical (unpaired) electrons. The Labute approximate surface area is 122 Å². The number of rotatable bonds is 5. The fraction of sp³-hybridized carbons (Fsp3) is 0.600. The van der Waals surface area contributed by atoms with E-state index in [1.807, 2.05) is 24.3 Å².